The second kappa shape index (κ2) is 11.2. The van der Waals surface area contributed by atoms with Crippen LogP contribution < -0.4 is 21.3 Å². The Hall–Kier alpha value is -4.31. The van der Waals surface area contributed by atoms with Gasteiger partial charge in [0.05, 0.1) is 12.0 Å². The van der Waals surface area contributed by atoms with E-state index in [2.05, 4.69) is 26.0 Å². The number of carbonyl (C=O) groups excluding carboxylic acids is 1. The SMILES string of the molecule is Cc1ccc(C)c(NC(=O)CSc2nnc(N/N=C/c3cccc(Oc4ccccc4)c3)n2N)c1. The third-order valence-corrected chi connectivity index (χ3v) is 5.82. The van der Waals surface area contributed by atoms with Crippen LogP contribution in [-0.4, -0.2) is 32.7 Å². The maximum Gasteiger partial charge on any atom is 0.264 e. The van der Waals surface area contributed by atoms with Gasteiger partial charge in [0.15, 0.2) is 0 Å². The van der Waals surface area contributed by atoms with Gasteiger partial charge in [-0.3, -0.25) is 4.79 Å². The Morgan fingerprint density at radius 2 is 1.86 bits per heavy atom. The smallest absolute Gasteiger partial charge is 0.264 e. The molecule has 4 N–H and O–H groups in total. The van der Waals surface area contributed by atoms with E-state index in [0.29, 0.717) is 10.9 Å². The zero-order valence-electron chi connectivity index (χ0n) is 19.3. The number of amides is 1. The highest BCUT2D eigenvalue weighted by atomic mass is 32.2. The Labute approximate surface area is 207 Å². The third kappa shape index (κ3) is 6.61. The first-order valence-corrected chi connectivity index (χ1v) is 11.8. The van der Waals surface area contributed by atoms with Crippen molar-refractivity contribution >= 4 is 35.5 Å². The molecule has 178 valence electrons. The Morgan fingerprint density at radius 3 is 2.69 bits per heavy atom. The number of benzene rings is 3. The topological polar surface area (TPSA) is 119 Å². The van der Waals surface area contributed by atoms with Crippen LogP contribution in [0.4, 0.5) is 11.6 Å². The van der Waals surface area contributed by atoms with Crippen molar-refractivity contribution in [3.63, 3.8) is 0 Å². The summed E-state index contributed by atoms with van der Waals surface area (Å²) in [7, 11) is 0. The molecule has 0 aliphatic rings. The third-order valence-electron chi connectivity index (χ3n) is 4.88. The van der Waals surface area contributed by atoms with Gasteiger partial charge in [0, 0.05) is 5.69 Å². The molecule has 0 bridgehead atoms. The predicted octanol–water partition coefficient (Wildman–Crippen LogP) is 4.58. The first-order chi connectivity index (χ1) is 17.0. The van der Waals surface area contributed by atoms with E-state index in [4.69, 9.17) is 10.6 Å². The van der Waals surface area contributed by atoms with Crippen LogP contribution in [0.15, 0.2) is 83.1 Å². The summed E-state index contributed by atoms with van der Waals surface area (Å²) in [6.45, 7) is 3.93. The fourth-order valence-electron chi connectivity index (χ4n) is 3.09. The predicted molar refractivity (Wildman–Crippen MR) is 140 cm³/mol. The van der Waals surface area contributed by atoms with E-state index in [1.807, 2.05) is 86.6 Å². The highest BCUT2D eigenvalue weighted by molar-refractivity contribution is 7.99. The number of nitrogens with one attached hydrogen (secondary N) is 2. The Morgan fingerprint density at radius 1 is 1.06 bits per heavy atom. The lowest BCUT2D eigenvalue weighted by Gasteiger charge is -2.09. The van der Waals surface area contributed by atoms with Crippen molar-refractivity contribution in [3.8, 4) is 11.5 Å². The molecule has 4 aromatic rings. The van der Waals surface area contributed by atoms with Gasteiger partial charge < -0.3 is 15.9 Å². The molecule has 35 heavy (non-hydrogen) atoms. The highest BCUT2D eigenvalue weighted by Gasteiger charge is 2.12. The van der Waals surface area contributed by atoms with Gasteiger partial charge in [0.2, 0.25) is 11.1 Å². The summed E-state index contributed by atoms with van der Waals surface area (Å²) in [6.07, 6.45) is 1.62. The molecule has 10 heteroatoms. The summed E-state index contributed by atoms with van der Waals surface area (Å²) in [5.41, 5.74) is 6.46. The minimum Gasteiger partial charge on any atom is -0.457 e. The van der Waals surface area contributed by atoms with Gasteiger partial charge in [0.25, 0.3) is 5.95 Å². The summed E-state index contributed by atoms with van der Waals surface area (Å²) < 4.78 is 7.09. The summed E-state index contributed by atoms with van der Waals surface area (Å²) in [6, 6.07) is 23.0. The van der Waals surface area contributed by atoms with Crippen molar-refractivity contribution in [2.45, 2.75) is 19.0 Å². The average Bonchev–Trinajstić information content (AvgIpc) is 3.20. The molecule has 1 aromatic heterocycles. The molecule has 9 nitrogen and oxygen atoms in total. The molecule has 0 fully saturated rings. The van der Waals surface area contributed by atoms with Gasteiger partial charge in [0.1, 0.15) is 11.5 Å². The van der Waals surface area contributed by atoms with Gasteiger partial charge in [-0.05, 0) is 60.9 Å². The fraction of sp³-hybridized carbons (Fsp3) is 0.120. The van der Waals surface area contributed by atoms with Crippen LogP contribution >= 0.6 is 11.8 Å². The summed E-state index contributed by atoms with van der Waals surface area (Å²) in [5.74, 6) is 7.74. The van der Waals surface area contributed by atoms with E-state index in [1.54, 1.807) is 6.21 Å². The molecular weight excluding hydrogens is 462 g/mol. The lowest BCUT2D eigenvalue weighted by atomic mass is 10.1. The van der Waals surface area contributed by atoms with E-state index in [-0.39, 0.29) is 17.6 Å². The second-order valence-electron chi connectivity index (χ2n) is 7.69. The summed E-state index contributed by atoms with van der Waals surface area (Å²) >= 11 is 1.18. The number of hydrazone groups is 1. The number of carbonyl (C=O) groups is 1. The zero-order chi connectivity index (χ0) is 24.6. The van der Waals surface area contributed by atoms with Crippen molar-refractivity contribution in [1.29, 1.82) is 0 Å². The van der Waals surface area contributed by atoms with Crippen LogP contribution in [0.5, 0.6) is 11.5 Å². The van der Waals surface area contributed by atoms with Crippen LogP contribution in [-0.2, 0) is 4.79 Å². The number of nitrogens with zero attached hydrogens (tertiary/aromatic N) is 4. The second-order valence-corrected chi connectivity index (χ2v) is 8.63. The Bertz CT molecular complexity index is 1340. The van der Waals surface area contributed by atoms with Crippen LogP contribution in [0.1, 0.15) is 16.7 Å². The van der Waals surface area contributed by atoms with Crippen LogP contribution in [0, 0.1) is 13.8 Å². The molecule has 1 amide bonds. The maximum atomic E-state index is 12.4. The number of ether oxygens (including phenoxy) is 1. The minimum absolute atomic E-state index is 0.139. The van der Waals surface area contributed by atoms with Gasteiger partial charge in [-0.1, -0.05) is 54.2 Å². The Kier molecular flexibility index (Phi) is 7.63. The Balaban J connectivity index is 1.31. The first-order valence-electron chi connectivity index (χ1n) is 10.8. The number of aryl methyl sites for hydroxylation is 2. The van der Waals surface area contributed by atoms with E-state index < -0.39 is 0 Å². The number of nitrogen functional groups attached to an aromatic ring is 1. The number of hydrogen-bond acceptors (Lipinski definition) is 8. The number of anilines is 2. The standard InChI is InChI=1S/C25H25N7O2S/c1-17-11-12-18(2)22(13-17)28-23(33)16-35-25-31-30-24(32(25)26)29-27-15-19-7-6-10-21(14-19)34-20-8-4-3-5-9-20/h3-15H,16,26H2,1-2H3,(H,28,33)(H,29,30)/b27-15+. The quantitative estimate of drug-likeness (QED) is 0.137. The van der Waals surface area contributed by atoms with Crippen molar-refractivity contribution in [2.24, 2.45) is 5.10 Å². The molecule has 0 unspecified atom stereocenters. The average molecular weight is 488 g/mol. The minimum atomic E-state index is -0.156. The molecule has 0 aliphatic heterocycles. The van der Waals surface area contributed by atoms with E-state index in [1.165, 1.54) is 16.4 Å². The van der Waals surface area contributed by atoms with Crippen molar-refractivity contribution in [1.82, 2.24) is 14.9 Å². The van der Waals surface area contributed by atoms with Crippen LogP contribution in [0.25, 0.3) is 0 Å². The van der Waals surface area contributed by atoms with Crippen molar-refractivity contribution < 1.29 is 9.53 Å². The van der Waals surface area contributed by atoms with Crippen LogP contribution in [0.2, 0.25) is 0 Å². The largest absolute Gasteiger partial charge is 0.457 e. The van der Waals surface area contributed by atoms with Gasteiger partial charge in [-0.15, -0.1) is 10.2 Å². The molecule has 0 aliphatic carbocycles. The normalized spacial score (nSPS) is 10.9. The zero-order valence-corrected chi connectivity index (χ0v) is 20.1. The van der Waals surface area contributed by atoms with E-state index in [9.17, 15) is 4.79 Å². The maximum absolute atomic E-state index is 12.4. The highest BCUT2D eigenvalue weighted by Crippen LogP contribution is 2.22. The number of rotatable bonds is 9. The monoisotopic (exact) mass is 487 g/mol. The summed E-state index contributed by atoms with van der Waals surface area (Å²) in [4.78, 5) is 12.4. The van der Waals surface area contributed by atoms with Gasteiger partial charge >= 0.3 is 0 Å². The molecule has 1 heterocycles. The first kappa shape index (κ1) is 23.8. The van der Waals surface area contributed by atoms with Gasteiger partial charge in [-0.2, -0.15) is 5.10 Å². The van der Waals surface area contributed by atoms with Crippen LogP contribution in [0.3, 0.4) is 0 Å². The molecule has 0 saturated heterocycles. The number of hydrogen-bond donors (Lipinski definition) is 3. The molecular formula is C25H25N7O2S. The molecule has 0 atom stereocenters. The van der Waals surface area contributed by atoms with Crippen molar-refractivity contribution in [2.75, 3.05) is 22.3 Å². The molecule has 0 radical (unpaired) electrons. The fourth-order valence-corrected chi connectivity index (χ4v) is 3.74. The number of nitrogens with two attached hydrogens (primary N) is 1. The number of thioether (sulfide) groups is 1. The molecule has 0 spiro atoms. The number of aromatic nitrogens is 3. The molecule has 3 aromatic carbocycles. The lowest BCUT2D eigenvalue weighted by Crippen LogP contribution is -2.17. The number of para-hydroxylation sites is 1. The van der Waals surface area contributed by atoms with E-state index >= 15 is 0 Å². The molecule has 4 rings (SSSR count). The summed E-state index contributed by atoms with van der Waals surface area (Å²) in [5, 5.41) is 15.5. The lowest BCUT2D eigenvalue weighted by molar-refractivity contribution is -0.113. The van der Waals surface area contributed by atoms with E-state index in [0.717, 1.165) is 28.1 Å². The van der Waals surface area contributed by atoms with Gasteiger partial charge in [-0.25, -0.2) is 10.1 Å². The molecule has 0 saturated carbocycles. The van der Waals surface area contributed by atoms with Crippen molar-refractivity contribution in [3.05, 3.63) is 89.5 Å².